The molecule has 1 N–H and O–H groups in total. The standard InChI is InChI=1S/C16H16O/c1-2-15-11-10-14(12-16(15)17)9-8-13-6-4-3-5-7-13/h3-12,17H,2H2,1H3/b9-8+. The zero-order valence-corrected chi connectivity index (χ0v) is 9.93. The van der Waals surface area contributed by atoms with Crippen molar-refractivity contribution in [1.82, 2.24) is 0 Å². The monoisotopic (exact) mass is 224 g/mol. The molecule has 0 bridgehead atoms. The molecular weight excluding hydrogens is 208 g/mol. The Morgan fingerprint density at radius 2 is 1.65 bits per heavy atom. The molecule has 0 radical (unpaired) electrons. The highest BCUT2D eigenvalue weighted by Crippen LogP contribution is 2.20. The van der Waals surface area contributed by atoms with Crippen LogP contribution in [0.15, 0.2) is 48.5 Å². The van der Waals surface area contributed by atoms with E-state index in [0.29, 0.717) is 5.75 Å². The van der Waals surface area contributed by atoms with Crippen LogP contribution in [0.2, 0.25) is 0 Å². The molecule has 2 aromatic rings. The third kappa shape index (κ3) is 2.97. The minimum Gasteiger partial charge on any atom is -0.508 e. The van der Waals surface area contributed by atoms with E-state index >= 15 is 0 Å². The molecule has 0 unspecified atom stereocenters. The van der Waals surface area contributed by atoms with Gasteiger partial charge in [-0.05, 0) is 29.2 Å². The van der Waals surface area contributed by atoms with Gasteiger partial charge in [0.05, 0.1) is 0 Å². The molecular formula is C16H16O. The van der Waals surface area contributed by atoms with Gasteiger partial charge in [0, 0.05) is 0 Å². The Bertz CT molecular complexity index is 512. The lowest BCUT2D eigenvalue weighted by molar-refractivity contribution is 0.469. The summed E-state index contributed by atoms with van der Waals surface area (Å²) in [4.78, 5) is 0. The molecule has 86 valence electrons. The van der Waals surface area contributed by atoms with Crippen LogP contribution in [-0.2, 0) is 6.42 Å². The Balaban J connectivity index is 2.19. The highest BCUT2D eigenvalue weighted by atomic mass is 16.3. The fourth-order valence-corrected chi connectivity index (χ4v) is 1.74. The van der Waals surface area contributed by atoms with E-state index in [-0.39, 0.29) is 0 Å². The molecule has 0 amide bonds. The van der Waals surface area contributed by atoms with Gasteiger partial charge in [-0.2, -0.15) is 0 Å². The predicted octanol–water partition coefficient (Wildman–Crippen LogP) is 4.13. The molecule has 2 aromatic carbocycles. The van der Waals surface area contributed by atoms with Gasteiger partial charge in [0.1, 0.15) is 5.75 Å². The van der Waals surface area contributed by atoms with Crippen LogP contribution < -0.4 is 0 Å². The van der Waals surface area contributed by atoms with Gasteiger partial charge in [0.2, 0.25) is 0 Å². The fourth-order valence-electron chi connectivity index (χ4n) is 1.74. The van der Waals surface area contributed by atoms with Crippen molar-refractivity contribution in [3.63, 3.8) is 0 Å². The van der Waals surface area contributed by atoms with E-state index in [4.69, 9.17) is 0 Å². The summed E-state index contributed by atoms with van der Waals surface area (Å²) in [6.45, 7) is 2.04. The highest BCUT2D eigenvalue weighted by molar-refractivity contribution is 5.70. The third-order valence-electron chi connectivity index (χ3n) is 2.76. The first-order chi connectivity index (χ1) is 8.29. The van der Waals surface area contributed by atoms with Crippen molar-refractivity contribution in [1.29, 1.82) is 0 Å². The van der Waals surface area contributed by atoms with Crippen molar-refractivity contribution < 1.29 is 5.11 Å². The number of hydrogen-bond donors (Lipinski definition) is 1. The average Bonchev–Trinajstić information content (AvgIpc) is 2.38. The molecule has 0 aliphatic carbocycles. The molecule has 0 heterocycles. The summed E-state index contributed by atoms with van der Waals surface area (Å²) in [7, 11) is 0. The van der Waals surface area contributed by atoms with Crippen LogP contribution in [0.25, 0.3) is 12.2 Å². The van der Waals surface area contributed by atoms with Gasteiger partial charge in [0.15, 0.2) is 0 Å². The maximum absolute atomic E-state index is 9.75. The Morgan fingerprint density at radius 3 is 2.29 bits per heavy atom. The molecule has 0 aromatic heterocycles. The summed E-state index contributed by atoms with van der Waals surface area (Å²) >= 11 is 0. The summed E-state index contributed by atoms with van der Waals surface area (Å²) < 4.78 is 0. The van der Waals surface area contributed by atoms with Gasteiger partial charge < -0.3 is 5.11 Å². The van der Waals surface area contributed by atoms with Crippen LogP contribution in [0.4, 0.5) is 0 Å². The van der Waals surface area contributed by atoms with E-state index in [2.05, 4.69) is 12.1 Å². The number of phenols is 1. The van der Waals surface area contributed by atoms with Crippen molar-refractivity contribution in [3.05, 3.63) is 65.2 Å². The summed E-state index contributed by atoms with van der Waals surface area (Å²) in [6, 6.07) is 15.9. The zero-order valence-electron chi connectivity index (χ0n) is 9.93. The topological polar surface area (TPSA) is 20.2 Å². The minimum atomic E-state index is 0.378. The lowest BCUT2D eigenvalue weighted by Gasteiger charge is -2.02. The summed E-state index contributed by atoms with van der Waals surface area (Å²) in [6.07, 6.45) is 4.91. The number of phenolic OH excluding ortho intramolecular Hbond substituents is 1. The summed E-state index contributed by atoms with van der Waals surface area (Å²) in [5.74, 6) is 0.378. The third-order valence-corrected chi connectivity index (χ3v) is 2.76. The number of aryl methyl sites for hydroxylation is 1. The van der Waals surface area contributed by atoms with E-state index in [9.17, 15) is 5.11 Å². The van der Waals surface area contributed by atoms with Gasteiger partial charge in [-0.25, -0.2) is 0 Å². The summed E-state index contributed by atoms with van der Waals surface area (Å²) in [5.41, 5.74) is 3.16. The maximum Gasteiger partial charge on any atom is 0.119 e. The quantitative estimate of drug-likeness (QED) is 0.777. The lowest BCUT2D eigenvalue weighted by Crippen LogP contribution is -1.82. The van der Waals surface area contributed by atoms with Crippen LogP contribution in [-0.4, -0.2) is 5.11 Å². The maximum atomic E-state index is 9.75. The summed E-state index contributed by atoms with van der Waals surface area (Å²) in [5, 5.41) is 9.75. The molecule has 1 nitrogen and oxygen atoms in total. The first-order valence-corrected chi connectivity index (χ1v) is 5.84. The molecule has 0 spiro atoms. The molecule has 0 saturated carbocycles. The van der Waals surface area contributed by atoms with Crippen LogP contribution in [0.1, 0.15) is 23.6 Å². The Morgan fingerprint density at radius 1 is 0.941 bits per heavy atom. The van der Waals surface area contributed by atoms with Gasteiger partial charge in [-0.3, -0.25) is 0 Å². The normalized spacial score (nSPS) is 10.9. The van der Waals surface area contributed by atoms with Gasteiger partial charge in [-0.15, -0.1) is 0 Å². The largest absolute Gasteiger partial charge is 0.508 e. The van der Waals surface area contributed by atoms with Crippen LogP contribution in [0, 0.1) is 0 Å². The Hall–Kier alpha value is -2.02. The number of rotatable bonds is 3. The SMILES string of the molecule is CCc1ccc(/C=C/c2ccccc2)cc1O. The van der Waals surface area contributed by atoms with E-state index in [0.717, 1.165) is 23.1 Å². The second-order valence-corrected chi connectivity index (χ2v) is 3.99. The molecule has 0 fully saturated rings. The number of hydrogen-bond acceptors (Lipinski definition) is 1. The van der Waals surface area contributed by atoms with Gasteiger partial charge >= 0.3 is 0 Å². The smallest absolute Gasteiger partial charge is 0.119 e. The highest BCUT2D eigenvalue weighted by Gasteiger charge is 1.98. The Labute approximate surface area is 102 Å². The van der Waals surface area contributed by atoms with Crippen LogP contribution in [0.5, 0.6) is 5.75 Å². The van der Waals surface area contributed by atoms with E-state index in [1.807, 2.05) is 49.4 Å². The predicted molar refractivity (Wildman–Crippen MR) is 72.9 cm³/mol. The number of benzene rings is 2. The van der Waals surface area contributed by atoms with Gasteiger partial charge in [0.25, 0.3) is 0 Å². The van der Waals surface area contributed by atoms with E-state index in [1.54, 1.807) is 6.07 Å². The lowest BCUT2D eigenvalue weighted by atomic mass is 10.1. The van der Waals surface area contributed by atoms with Crippen molar-refractivity contribution in [2.24, 2.45) is 0 Å². The van der Waals surface area contributed by atoms with E-state index in [1.165, 1.54) is 0 Å². The van der Waals surface area contributed by atoms with E-state index < -0.39 is 0 Å². The zero-order chi connectivity index (χ0) is 12.1. The van der Waals surface area contributed by atoms with Crippen molar-refractivity contribution in [2.75, 3.05) is 0 Å². The molecule has 0 saturated heterocycles. The first-order valence-electron chi connectivity index (χ1n) is 5.84. The van der Waals surface area contributed by atoms with Crippen molar-refractivity contribution >= 4 is 12.2 Å². The fraction of sp³-hybridized carbons (Fsp3) is 0.125. The number of aromatic hydroxyl groups is 1. The van der Waals surface area contributed by atoms with Crippen molar-refractivity contribution in [3.8, 4) is 5.75 Å². The second-order valence-electron chi connectivity index (χ2n) is 3.99. The molecule has 0 atom stereocenters. The molecule has 0 aliphatic rings. The molecule has 17 heavy (non-hydrogen) atoms. The molecule has 2 rings (SSSR count). The average molecular weight is 224 g/mol. The minimum absolute atomic E-state index is 0.378. The molecule has 0 aliphatic heterocycles. The van der Waals surface area contributed by atoms with Crippen LogP contribution in [0.3, 0.4) is 0 Å². The van der Waals surface area contributed by atoms with Crippen LogP contribution >= 0.6 is 0 Å². The van der Waals surface area contributed by atoms with Crippen molar-refractivity contribution in [2.45, 2.75) is 13.3 Å². The molecule has 1 heteroatoms. The second kappa shape index (κ2) is 5.35. The Kier molecular flexibility index (Phi) is 3.61. The van der Waals surface area contributed by atoms with Gasteiger partial charge in [-0.1, -0.05) is 61.5 Å². The first kappa shape index (κ1) is 11.5.